The van der Waals surface area contributed by atoms with Gasteiger partial charge in [0.05, 0.1) is 0 Å². The lowest BCUT2D eigenvalue weighted by molar-refractivity contribution is -0.135. The number of carboxylic acid groups (broad SMARTS) is 1. The molecule has 0 spiro atoms. The van der Waals surface area contributed by atoms with Crippen LogP contribution < -0.4 is 4.90 Å². The highest BCUT2D eigenvalue weighted by atomic mass is 16.4. The molecule has 5 nitrogen and oxygen atoms in total. The summed E-state index contributed by atoms with van der Waals surface area (Å²) in [5.41, 5.74) is 0. The fourth-order valence-corrected chi connectivity index (χ4v) is 1.14. The Hall–Kier alpha value is -1.65. The Kier molecular flexibility index (Phi) is 3.39. The highest BCUT2D eigenvalue weighted by Gasteiger charge is 2.09. The van der Waals surface area contributed by atoms with Crippen molar-refractivity contribution < 1.29 is 9.90 Å². The molecule has 1 rings (SSSR count). The minimum atomic E-state index is -0.858. The molecule has 14 heavy (non-hydrogen) atoms. The van der Waals surface area contributed by atoms with Crippen LogP contribution in [0.4, 0.5) is 5.82 Å². The molecule has 0 radical (unpaired) electrons. The zero-order valence-electron chi connectivity index (χ0n) is 8.27. The number of carboxylic acids is 1. The number of nitrogens with zero attached hydrogens (tertiary/aromatic N) is 3. The van der Waals surface area contributed by atoms with Gasteiger partial charge in [-0.15, -0.1) is 0 Å². The van der Waals surface area contributed by atoms with E-state index < -0.39 is 5.97 Å². The number of aryl methyl sites for hydroxylation is 1. The standard InChI is InChI=1S/C9H13N3O2/c1-3-12(6-9(13)14)8-4-5-10-7(2)11-8/h4-5H,3,6H2,1-2H3,(H,13,14). The maximum atomic E-state index is 10.5. The Morgan fingerprint density at radius 1 is 1.64 bits per heavy atom. The lowest BCUT2D eigenvalue weighted by Gasteiger charge is -2.19. The normalized spacial score (nSPS) is 9.86. The quantitative estimate of drug-likeness (QED) is 0.765. The fraction of sp³-hybridized carbons (Fsp3) is 0.444. The van der Waals surface area contributed by atoms with Crippen molar-refractivity contribution in [2.24, 2.45) is 0 Å². The van der Waals surface area contributed by atoms with E-state index in [1.54, 1.807) is 24.1 Å². The number of carbonyl (C=O) groups is 1. The van der Waals surface area contributed by atoms with Crippen LogP contribution >= 0.6 is 0 Å². The smallest absolute Gasteiger partial charge is 0.323 e. The van der Waals surface area contributed by atoms with Crippen molar-refractivity contribution in [1.29, 1.82) is 0 Å². The average molecular weight is 195 g/mol. The van der Waals surface area contributed by atoms with Gasteiger partial charge in [0.1, 0.15) is 18.2 Å². The van der Waals surface area contributed by atoms with E-state index in [1.807, 2.05) is 6.92 Å². The van der Waals surface area contributed by atoms with Gasteiger partial charge in [0.15, 0.2) is 0 Å². The van der Waals surface area contributed by atoms with Gasteiger partial charge < -0.3 is 10.0 Å². The monoisotopic (exact) mass is 195 g/mol. The lowest BCUT2D eigenvalue weighted by atomic mass is 10.4. The van der Waals surface area contributed by atoms with Gasteiger partial charge in [-0.25, -0.2) is 9.97 Å². The van der Waals surface area contributed by atoms with Gasteiger partial charge in [-0.1, -0.05) is 0 Å². The van der Waals surface area contributed by atoms with Crippen LogP contribution in [0.15, 0.2) is 12.3 Å². The summed E-state index contributed by atoms with van der Waals surface area (Å²) in [6, 6.07) is 1.71. The van der Waals surface area contributed by atoms with Gasteiger partial charge in [0, 0.05) is 12.7 Å². The number of hydrogen-bond donors (Lipinski definition) is 1. The summed E-state index contributed by atoms with van der Waals surface area (Å²) in [5.74, 6) is 0.442. The molecule has 0 saturated carbocycles. The van der Waals surface area contributed by atoms with E-state index in [0.29, 0.717) is 18.2 Å². The number of anilines is 1. The van der Waals surface area contributed by atoms with Crippen molar-refractivity contribution in [3.05, 3.63) is 18.1 Å². The summed E-state index contributed by atoms with van der Waals surface area (Å²) in [4.78, 5) is 20.3. The first-order chi connectivity index (χ1) is 6.63. The van der Waals surface area contributed by atoms with Gasteiger partial charge in [-0.2, -0.15) is 0 Å². The molecule has 5 heteroatoms. The largest absolute Gasteiger partial charge is 0.480 e. The molecule has 76 valence electrons. The van der Waals surface area contributed by atoms with Crippen LogP contribution in [0.1, 0.15) is 12.7 Å². The summed E-state index contributed by atoms with van der Waals surface area (Å²) in [7, 11) is 0. The van der Waals surface area contributed by atoms with Crippen LogP contribution in [0.2, 0.25) is 0 Å². The van der Waals surface area contributed by atoms with Crippen molar-refractivity contribution in [2.45, 2.75) is 13.8 Å². The molecule has 1 N–H and O–H groups in total. The average Bonchev–Trinajstić information content (AvgIpc) is 2.14. The minimum Gasteiger partial charge on any atom is -0.480 e. The summed E-state index contributed by atoms with van der Waals surface area (Å²) in [6.07, 6.45) is 1.63. The Balaban J connectivity index is 2.83. The number of aliphatic carboxylic acids is 1. The summed E-state index contributed by atoms with van der Waals surface area (Å²) in [6.45, 7) is 4.24. The Bertz CT molecular complexity index is 328. The number of likely N-dealkylation sites (N-methyl/N-ethyl adjacent to an activating group) is 1. The molecular formula is C9H13N3O2. The van der Waals surface area contributed by atoms with Gasteiger partial charge in [-0.3, -0.25) is 4.79 Å². The maximum Gasteiger partial charge on any atom is 0.323 e. The molecule has 0 aliphatic heterocycles. The molecule has 0 aromatic carbocycles. The second-order valence-electron chi connectivity index (χ2n) is 2.87. The first-order valence-corrected chi connectivity index (χ1v) is 4.40. The van der Waals surface area contributed by atoms with Crippen LogP contribution in [-0.4, -0.2) is 34.1 Å². The highest BCUT2D eigenvalue weighted by Crippen LogP contribution is 2.08. The maximum absolute atomic E-state index is 10.5. The third-order valence-corrected chi connectivity index (χ3v) is 1.79. The van der Waals surface area contributed by atoms with Crippen LogP contribution in [-0.2, 0) is 4.79 Å². The van der Waals surface area contributed by atoms with Gasteiger partial charge in [-0.05, 0) is 19.9 Å². The molecule has 1 aromatic rings. The molecule has 0 amide bonds. The molecule has 1 aromatic heterocycles. The Morgan fingerprint density at radius 2 is 2.36 bits per heavy atom. The molecule has 0 atom stereocenters. The van der Waals surface area contributed by atoms with Crippen molar-refractivity contribution in [2.75, 3.05) is 18.0 Å². The summed E-state index contributed by atoms with van der Waals surface area (Å²) < 4.78 is 0. The van der Waals surface area contributed by atoms with E-state index in [-0.39, 0.29) is 6.54 Å². The van der Waals surface area contributed by atoms with Crippen molar-refractivity contribution >= 4 is 11.8 Å². The van der Waals surface area contributed by atoms with E-state index in [9.17, 15) is 4.79 Å². The summed E-state index contributed by atoms with van der Waals surface area (Å²) in [5, 5.41) is 8.66. The first-order valence-electron chi connectivity index (χ1n) is 4.40. The number of rotatable bonds is 4. The molecule has 0 unspecified atom stereocenters. The van der Waals surface area contributed by atoms with Crippen molar-refractivity contribution in [3.63, 3.8) is 0 Å². The molecule has 1 heterocycles. The second kappa shape index (κ2) is 4.55. The third-order valence-electron chi connectivity index (χ3n) is 1.79. The zero-order chi connectivity index (χ0) is 10.6. The van der Waals surface area contributed by atoms with Crippen LogP contribution in [0.25, 0.3) is 0 Å². The Morgan fingerprint density at radius 3 is 2.86 bits per heavy atom. The van der Waals surface area contributed by atoms with E-state index in [2.05, 4.69) is 9.97 Å². The van der Waals surface area contributed by atoms with E-state index >= 15 is 0 Å². The Labute approximate surface area is 82.4 Å². The fourth-order valence-electron chi connectivity index (χ4n) is 1.14. The van der Waals surface area contributed by atoms with E-state index in [4.69, 9.17) is 5.11 Å². The van der Waals surface area contributed by atoms with Gasteiger partial charge in [0.2, 0.25) is 0 Å². The van der Waals surface area contributed by atoms with Gasteiger partial charge >= 0.3 is 5.97 Å². The molecular weight excluding hydrogens is 182 g/mol. The molecule has 0 fully saturated rings. The van der Waals surface area contributed by atoms with E-state index in [0.717, 1.165) is 0 Å². The predicted octanol–water partition coefficient (Wildman–Crippen LogP) is 0.696. The van der Waals surface area contributed by atoms with Crippen molar-refractivity contribution in [3.8, 4) is 0 Å². The predicted molar refractivity (Wildman–Crippen MR) is 52.3 cm³/mol. The minimum absolute atomic E-state index is 0.0348. The number of aromatic nitrogens is 2. The topological polar surface area (TPSA) is 66.3 Å². The van der Waals surface area contributed by atoms with Crippen molar-refractivity contribution in [1.82, 2.24) is 9.97 Å². The number of hydrogen-bond acceptors (Lipinski definition) is 4. The molecule has 0 aliphatic carbocycles. The highest BCUT2D eigenvalue weighted by molar-refractivity contribution is 5.73. The van der Waals surface area contributed by atoms with Crippen LogP contribution in [0.3, 0.4) is 0 Å². The SMILES string of the molecule is CCN(CC(=O)O)c1ccnc(C)n1. The molecule has 0 aliphatic rings. The third kappa shape index (κ3) is 2.69. The lowest BCUT2D eigenvalue weighted by Crippen LogP contribution is -2.30. The van der Waals surface area contributed by atoms with Crippen LogP contribution in [0.5, 0.6) is 0 Å². The van der Waals surface area contributed by atoms with Gasteiger partial charge in [0.25, 0.3) is 0 Å². The molecule has 0 saturated heterocycles. The zero-order valence-corrected chi connectivity index (χ0v) is 8.27. The van der Waals surface area contributed by atoms with Crippen LogP contribution in [0, 0.1) is 6.92 Å². The second-order valence-corrected chi connectivity index (χ2v) is 2.87. The molecule has 0 bridgehead atoms. The summed E-state index contributed by atoms with van der Waals surface area (Å²) >= 11 is 0. The first kappa shape index (κ1) is 10.4. The van der Waals surface area contributed by atoms with E-state index in [1.165, 1.54) is 0 Å².